The van der Waals surface area contributed by atoms with E-state index < -0.39 is 0 Å². The fourth-order valence-electron chi connectivity index (χ4n) is 2.97. The standard InChI is InChI=1S/C17H16ClN7O2/c1-24(27-2)17(26)12-5-9-3-11(18)4-10(13(9)23-12)6-25-8-22-14-15(19)20-7-21-16(14)25/h3-5,7-8,23H,6H2,1-2H3,(H2,19,20,21). The Morgan fingerprint density at radius 1 is 1.33 bits per heavy atom. The van der Waals surface area contributed by atoms with E-state index in [0.717, 1.165) is 21.5 Å². The number of nitrogens with zero attached hydrogens (tertiary/aromatic N) is 5. The van der Waals surface area contributed by atoms with Gasteiger partial charge in [0.05, 0.1) is 25.5 Å². The molecule has 1 aromatic carbocycles. The predicted molar refractivity (Wildman–Crippen MR) is 101 cm³/mol. The molecule has 4 aromatic rings. The summed E-state index contributed by atoms with van der Waals surface area (Å²) in [6, 6.07) is 5.38. The zero-order valence-corrected chi connectivity index (χ0v) is 15.4. The summed E-state index contributed by atoms with van der Waals surface area (Å²) >= 11 is 6.28. The first-order chi connectivity index (χ1) is 13.0. The van der Waals surface area contributed by atoms with Crippen LogP contribution in [0.25, 0.3) is 22.1 Å². The average Bonchev–Trinajstić information content (AvgIpc) is 3.25. The van der Waals surface area contributed by atoms with Gasteiger partial charge in [0, 0.05) is 17.5 Å². The van der Waals surface area contributed by atoms with Gasteiger partial charge in [0.1, 0.15) is 17.5 Å². The maximum absolute atomic E-state index is 12.4. The summed E-state index contributed by atoms with van der Waals surface area (Å²) in [5.41, 5.74) is 9.10. The van der Waals surface area contributed by atoms with Crippen LogP contribution >= 0.6 is 11.6 Å². The van der Waals surface area contributed by atoms with Crippen LogP contribution in [0.4, 0.5) is 5.82 Å². The number of carbonyl (C=O) groups is 1. The summed E-state index contributed by atoms with van der Waals surface area (Å²) in [4.78, 5) is 33.0. The molecular weight excluding hydrogens is 370 g/mol. The number of hydrogen-bond donors (Lipinski definition) is 2. The minimum absolute atomic E-state index is 0.288. The zero-order chi connectivity index (χ0) is 19.1. The topological polar surface area (TPSA) is 115 Å². The molecule has 0 saturated heterocycles. The highest BCUT2D eigenvalue weighted by molar-refractivity contribution is 6.31. The molecule has 138 valence electrons. The molecule has 0 bridgehead atoms. The van der Waals surface area contributed by atoms with Crippen LogP contribution in [0.2, 0.25) is 5.02 Å². The van der Waals surface area contributed by atoms with E-state index in [1.54, 1.807) is 25.5 Å². The van der Waals surface area contributed by atoms with Gasteiger partial charge in [-0.2, -0.15) is 0 Å². The van der Waals surface area contributed by atoms with Gasteiger partial charge >= 0.3 is 0 Å². The molecule has 1 amide bonds. The van der Waals surface area contributed by atoms with Crippen LogP contribution < -0.4 is 5.73 Å². The van der Waals surface area contributed by atoms with Crippen LogP contribution in [0.3, 0.4) is 0 Å². The van der Waals surface area contributed by atoms with Crippen LogP contribution in [0, 0.1) is 0 Å². The van der Waals surface area contributed by atoms with Crippen LogP contribution in [-0.2, 0) is 11.4 Å². The molecule has 0 aliphatic heterocycles. The zero-order valence-electron chi connectivity index (χ0n) is 14.6. The first-order valence-electron chi connectivity index (χ1n) is 8.02. The Balaban J connectivity index is 1.80. The Hall–Kier alpha value is -3.17. The Morgan fingerprint density at radius 2 is 2.15 bits per heavy atom. The second-order valence-corrected chi connectivity index (χ2v) is 6.44. The highest BCUT2D eigenvalue weighted by Gasteiger charge is 2.17. The number of carbonyl (C=O) groups excluding carboxylic acids is 1. The highest BCUT2D eigenvalue weighted by atomic mass is 35.5. The maximum Gasteiger partial charge on any atom is 0.293 e. The van der Waals surface area contributed by atoms with Crippen molar-refractivity contribution in [3.63, 3.8) is 0 Å². The van der Waals surface area contributed by atoms with E-state index in [4.69, 9.17) is 22.2 Å². The number of hydroxylamine groups is 2. The molecule has 0 aliphatic rings. The molecule has 4 rings (SSSR count). The number of aromatic nitrogens is 5. The first-order valence-corrected chi connectivity index (χ1v) is 8.40. The Labute approximate surface area is 158 Å². The molecule has 0 atom stereocenters. The van der Waals surface area contributed by atoms with Gasteiger partial charge < -0.3 is 15.3 Å². The molecule has 0 saturated carbocycles. The maximum atomic E-state index is 12.4. The summed E-state index contributed by atoms with van der Waals surface area (Å²) in [6.45, 7) is 0.443. The number of amides is 1. The lowest BCUT2D eigenvalue weighted by atomic mass is 10.1. The van der Waals surface area contributed by atoms with Gasteiger partial charge in [-0.25, -0.2) is 20.0 Å². The van der Waals surface area contributed by atoms with Gasteiger partial charge in [-0.05, 0) is 23.8 Å². The van der Waals surface area contributed by atoms with E-state index in [-0.39, 0.29) is 5.91 Å². The van der Waals surface area contributed by atoms with E-state index in [9.17, 15) is 4.79 Å². The van der Waals surface area contributed by atoms with E-state index in [1.807, 2.05) is 10.6 Å². The van der Waals surface area contributed by atoms with Crippen molar-refractivity contribution < 1.29 is 9.63 Å². The van der Waals surface area contributed by atoms with Gasteiger partial charge in [0.15, 0.2) is 11.5 Å². The lowest BCUT2D eigenvalue weighted by Gasteiger charge is -2.11. The Bertz CT molecular complexity index is 1170. The number of benzene rings is 1. The number of imidazole rings is 1. The van der Waals surface area contributed by atoms with Gasteiger partial charge in [-0.3, -0.25) is 9.63 Å². The molecule has 0 radical (unpaired) electrons. The Morgan fingerprint density at radius 3 is 2.93 bits per heavy atom. The second-order valence-electron chi connectivity index (χ2n) is 6.00. The van der Waals surface area contributed by atoms with Crippen molar-refractivity contribution in [2.45, 2.75) is 6.54 Å². The summed E-state index contributed by atoms with van der Waals surface area (Å²) in [5.74, 6) is 0.0368. The minimum Gasteiger partial charge on any atom is -0.382 e. The summed E-state index contributed by atoms with van der Waals surface area (Å²) < 4.78 is 1.85. The number of fused-ring (bicyclic) bond motifs is 2. The molecule has 0 aliphatic carbocycles. The van der Waals surface area contributed by atoms with Crippen molar-refractivity contribution in [3.8, 4) is 0 Å². The molecule has 3 aromatic heterocycles. The quantitative estimate of drug-likeness (QED) is 0.520. The molecule has 9 nitrogen and oxygen atoms in total. The lowest BCUT2D eigenvalue weighted by molar-refractivity contribution is -0.0759. The molecular formula is C17H16ClN7O2. The molecule has 0 unspecified atom stereocenters. The van der Waals surface area contributed by atoms with Crippen LogP contribution in [0.15, 0.2) is 30.9 Å². The number of aromatic amines is 1. The number of rotatable bonds is 4. The van der Waals surface area contributed by atoms with E-state index in [1.165, 1.54) is 13.4 Å². The third kappa shape index (κ3) is 2.96. The number of anilines is 1. The van der Waals surface area contributed by atoms with Crippen LogP contribution in [0.1, 0.15) is 16.1 Å². The number of H-pyrrole nitrogens is 1. The lowest BCUT2D eigenvalue weighted by Crippen LogP contribution is -2.25. The van der Waals surface area contributed by atoms with Gasteiger partial charge in [-0.1, -0.05) is 11.6 Å². The molecule has 3 heterocycles. The molecule has 27 heavy (non-hydrogen) atoms. The van der Waals surface area contributed by atoms with Gasteiger partial charge in [-0.15, -0.1) is 0 Å². The van der Waals surface area contributed by atoms with Crippen molar-refractivity contribution in [2.75, 3.05) is 19.9 Å². The van der Waals surface area contributed by atoms with E-state index >= 15 is 0 Å². The summed E-state index contributed by atoms with van der Waals surface area (Å²) in [7, 11) is 2.98. The number of halogens is 1. The number of hydrogen-bond acceptors (Lipinski definition) is 6. The van der Waals surface area contributed by atoms with E-state index in [0.29, 0.717) is 34.2 Å². The summed E-state index contributed by atoms with van der Waals surface area (Å²) in [6.07, 6.45) is 3.05. The van der Waals surface area contributed by atoms with Crippen molar-refractivity contribution in [1.82, 2.24) is 29.6 Å². The predicted octanol–water partition coefficient (Wildman–Crippen LogP) is 2.22. The van der Waals surface area contributed by atoms with Gasteiger partial charge in [0.2, 0.25) is 0 Å². The fraction of sp³-hybridized carbons (Fsp3) is 0.176. The fourth-order valence-corrected chi connectivity index (χ4v) is 3.22. The third-order valence-corrected chi connectivity index (χ3v) is 4.55. The van der Waals surface area contributed by atoms with Crippen molar-refractivity contribution >= 4 is 45.4 Å². The van der Waals surface area contributed by atoms with Crippen molar-refractivity contribution in [1.29, 1.82) is 0 Å². The monoisotopic (exact) mass is 385 g/mol. The average molecular weight is 386 g/mol. The van der Waals surface area contributed by atoms with Crippen molar-refractivity contribution in [2.24, 2.45) is 0 Å². The molecule has 10 heteroatoms. The van der Waals surface area contributed by atoms with E-state index in [2.05, 4.69) is 19.9 Å². The number of nitrogens with one attached hydrogen (secondary N) is 1. The Kier molecular flexibility index (Phi) is 4.17. The normalized spacial score (nSPS) is 11.4. The molecule has 0 fully saturated rings. The van der Waals surface area contributed by atoms with Gasteiger partial charge in [0.25, 0.3) is 5.91 Å². The largest absolute Gasteiger partial charge is 0.382 e. The molecule has 0 spiro atoms. The first kappa shape index (κ1) is 17.3. The SMILES string of the molecule is CON(C)C(=O)c1cc2cc(Cl)cc(Cn3cnc4c(N)ncnc43)c2[nH]1. The highest BCUT2D eigenvalue weighted by Crippen LogP contribution is 2.27. The second kappa shape index (κ2) is 6.53. The molecule has 3 N–H and O–H groups in total. The number of nitrogens with two attached hydrogens (primary N) is 1. The van der Waals surface area contributed by atoms with Crippen LogP contribution in [0.5, 0.6) is 0 Å². The smallest absolute Gasteiger partial charge is 0.293 e. The van der Waals surface area contributed by atoms with Crippen LogP contribution in [-0.4, -0.2) is 49.6 Å². The minimum atomic E-state index is -0.288. The third-order valence-electron chi connectivity index (χ3n) is 4.34. The number of nitrogen functional groups attached to an aromatic ring is 1. The van der Waals surface area contributed by atoms with Crippen molar-refractivity contribution in [3.05, 3.63) is 47.1 Å². The summed E-state index contributed by atoms with van der Waals surface area (Å²) in [5, 5.41) is 2.53.